The highest BCUT2D eigenvalue weighted by molar-refractivity contribution is 5.44. The Morgan fingerprint density at radius 1 is 1.24 bits per heavy atom. The number of rotatable bonds is 5. The molecule has 2 aromatic rings. The van der Waals surface area contributed by atoms with Gasteiger partial charge in [0.15, 0.2) is 0 Å². The molecule has 0 fully saturated rings. The van der Waals surface area contributed by atoms with Crippen molar-refractivity contribution in [1.29, 1.82) is 0 Å². The van der Waals surface area contributed by atoms with Gasteiger partial charge in [0.2, 0.25) is 0 Å². The van der Waals surface area contributed by atoms with Crippen LogP contribution in [-0.2, 0) is 19.7 Å². The van der Waals surface area contributed by atoms with Crippen LogP contribution in [0, 0.1) is 0 Å². The summed E-state index contributed by atoms with van der Waals surface area (Å²) in [6.45, 7) is 3.81. The van der Waals surface area contributed by atoms with Gasteiger partial charge in [-0.2, -0.15) is 5.10 Å². The van der Waals surface area contributed by atoms with E-state index in [1.54, 1.807) is 0 Å². The molecule has 4 heteroatoms. The molecule has 2 rings (SSSR count). The Kier molecular flexibility index (Phi) is 3.77. The second-order valence-corrected chi connectivity index (χ2v) is 3.91. The Morgan fingerprint density at radius 2 is 2.00 bits per heavy atom. The molecule has 0 aliphatic heterocycles. The molecule has 0 unspecified atom stereocenters. The average Bonchev–Trinajstić information content (AvgIpc) is 2.85. The third kappa shape index (κ3) is 3.07. The molecule has 0 saturated heterocycles. The smallest absolute Gasteiger partial charge is 0.0681 e. The normalized spacial score (nSPS) is 10.5. The lowest BCUT2D eigenvalue weighted by atomic mass is 10.2. The van der Waals surface area contributed by atoms with Gasteiger partial charge in [0.05, 0.1) is 12.8 Å². The number of nitrogens with one attached hydrogen (secondary N) is 1. The van der Waals surface area contributed by atoms with Gasteiger partial charge in [-0.05, 0) is 24.6 Å². The summed E-state index contributed by atoms with van der Waals surface area (Å²) in [5.74, 6) is 0. The molecule has 0 aliphatic rings. The van der Waals surface area contributed by atoms with E-state index >= 15 is 0 Å². The van der Waals surface area contributed by atoms with Crippen LogP contribution in [-0.4, -0.2) is 14.9 Å². The molecule has 0 aliphatic carbocycles. The maximum Gasteiger partial charge on any atom is 0.0681 e. The van der Waals surface area contributed by atoms with E-state index in [2.05, 4.69) is 17.3 Å². The molecule has 4 nitrogen and oxygen atoms in total. The van der Waals surface area contributed by atoms with Crippen LogP contribution < -0.4 is 5.32 Å². The monoisotopic (exact) mass is 231 g/mol. The van der Waals surface area contributed by atoms with E-state index in [0.29, 0.717) is 0 Å². The summed E-state index contributed by atoms with van der Waals surface area (Å²) in [7, 11) is 0. The summed E-state index contributed by atoms with van der Waals surface area (Å²) >= 11 is 0. The maximum absolute atomic E-state index is 8.93. The van der Waals surface area contributed by atoms with Crippen LogP contribution in [0.1, 0.15) is 18.1 Å². The van der Waals surface area contributed by atoms with E-state index in [4.69, 9.17) is 5.11 Å². The zero-order chi connectivity index (χ0) is 12.1. The minimum absolute atomic E-state index is 0.0869. The van der Waals surface area contributed by atoms with Crippen LogP contribution >= 0.6 is 0 Å². The average molecular weight is 231 g/mol. The Bertz CT molecular complexity index is 462. The minimum atomic E-state index is 0.0869. The summed E-state index contributed by atoms with van der Waals surface area (Å²) < 4.78 is 1.91. The molecular formula is C13H17N3O. The van der Waals surface area contributed by atoms with E-state index in [1.807, 2.05) is 41.3 Å². The highest BCUT2D eigenvalue weighted by Gasteiger charge is 1.97. The number of aryl methyl sites for hydroxylation is 1. The van der Waals surface area contributed by atoms with Gasteiger partial charge in [-0.3, -0.25) is 4.68 Å². The van der Waals surface area contributed by atoms with Gasteiger partial charge < -0.3 is 10.4 Å². The Morgan fingerprint density at radius 3 is 2.59 bits per heavy atom. The largest absolute Gasteiger partial charge is 0.392 e. The van der Waals surface area contributed by atoms with Crippen LogP contribution in [0.25, 0.3) is 0 Å². The second kappa shape index (κ2) is 5.50. The fraction of sp³-hybridized carbons (Fsp3) is 0.308. The highest BCUT2D eigenvalue weighted by atomic mass is 16.3. The Hall–Kier alpha value is -1.81. The van der Waals surface area contributed by atoms with Gasteiger partial charge in [0.1, 0.15) is 0 Å². The molecule has 1 heterocycles. The van der Waals surface area contributed by atoms with Crippen LogP contribution in [0.15, 0.2) is 36.7 Å². The molecule has 0 bridgehead atoms. The number of hydrogen-bond acceptors (Lipinski definition) is 3. The van der Waals surface area contributed by atoms with Crippen molar-refractivity contribution < 1.29 is 5.11 Å². The summed E-state index contributed by atoms with van der Waals surface area (Å²) in [6.07, 6.45) is 3.91. The van der Waals surface area contributed by atoms with Gasteiger partial charge in [0.25, 0.3) is 0 Å². The molecule has 90 valence electrons. The predicted molar refractivity (Wildman–Crippen MR) is 67.6 cm³/mol. The highest BCUT2D eigenvalue weighted by Crippen LogP contribution is 2.11. The lowest BCUT2D eigenvalue weighted by molar-refractivity contribution is 0.282. The first-order valence-electron chi connectivity index (χ1n) is 5.77. The van der Waals surface area contributed by atoms with Crippen LogP contribution in [0.5, 0.6) is 0 Å². The molecule has 0 atom stereocenters. The number of aliphatic hydroxyl groups is 1. The van der Waals surface area contributed by atoms with E-state index < -0.39 is 0 Å². The molecule has 1 aromatic carbocycles. The number of hydrogen-bond donors (Lipinski definition) is 2. The lowest BCUT2D eigenvalue weighted by Gasteiger charge is -2.05. The molecule has 0 saturated carbocycles. The number of benzene rings is 1. The van der Waals surface area contributed by atoms with Crippen molar-refractivity contribution in [3.05, 3.63) is 47.8 Å². The number of aromatic nitrogens is 2. The number of anilines is 1. The first kappa shape index (κ1) is 11.7. The van der Waals surface area contributed by atoms with Gasteiger partial charge in [-0.15, -0.1) is 0 Å². The molecule has 0 amide bonds. The summed E-state index contributed by atoms with van der Waals surface area (Å²) in [5, 5.41) is 16.5. The van der Waals surface area contributed by atoms with Crippen molar-refractivity contribution in [2.45, 2.75) is 26.6 Å². The minimum Gasteiger partial charge on any atom is -0.392 e. The SMILES string of the molecule is CCn1cc(CNc2ccc(CO)cc2)cn1. The Labute approximate surface area is 101 Å². The molecule has 1 aromatic heterocycles. The van der Waals surface area contributed by atoms with Gasteiger partial charge in [-0.1, -0.05) is 12.1 Å². The van der Waals surface area contributed by atoms with E-state index in [1.165, 1.54) is 0 Å². The van der Waals surface area contributed by atoms with Crippen molar-refractivity contribution in [3.63, 3.8) is 0 Å². The molecule has 2 N–H and O–H groups in total. The third-order valence-corrected chi connectivity index (χ3v) is 2.64. The zero-order valence-electron chi connectivity index (χ0n) is 9.93. The summed E-state index contributed by atoms with van der Waals surface area (Å²) in [4.78, 5) is 0. The van der Waals surface area contributed by atoms with Gasteiger partial charge in [0, 0.05) is 30.5 Å². The second-order valence-electron chi connectivity index (χ2n) is 3.91. The fourth-order valence-corrected chi connectivity index (χ4v) is 1.60. The molecule has 17 heavy (non-hydrogen) atoms. The third-order valence-electron chi connectivity index (χ3n) is 2.64. The quantitative estimate of drug-likeness (QED) is 0.827. The standard InChI is InChI=1S/C13H17N3O/c1-2-16-9-12(8-15-16)7-14-13-5-3-11(10-17)4-6-13/h3-6,8-9,14,17H,2,7,10H2,1H3. The Balaban J connectivity index is 1.92. The number of nitrogens with zero attached hydrogens (tertiary/aromatic N) is 2. The van der Waals surface area contributed by atoms with Crippen LogP contribution in [0.2, 0.25) is 0 Å². The van der Waals surface area contributed by atoms with Crippen molar-refractivity contribution >= 4 is 5.69 Å². The fourth-order valence-electron chi connectivity index (χ4n) is 1.60. The first-order valence-corrected chi connectivity index (χ1v) is 5.77. The van der Waals surface area contributed by atoms with E-state index in [0.717, 1.165) is 29.9 Å². The van der Waals surface area contributed by atoms with Crippen molar-refractivity contribution in [2.75, 3.05) is 5.32 Å². The summed E-state index contributed by atoms with van der Waals surface area (Å²) in [5.41, 5.74) is 3.14. The first-order chi connectivity index (χ1) is 8.31. The number of aliphatic hydroxyl groups excluding tert-OH is 1. The molecule has 0 radical (unpaired) electrons. The predicted octanol–water partition coefficient (Wildman–Crippen LogP) is 2.01. The summed E-state index contributed by atoms with van der Waals surface area (Å²) in [6, 6.07) is 7.77. The maximum atomic E-state index is 8.93. The van der Waals surface area contributed by atoms with Crippen LogP contribution in [0.4, 0.5) is 5.69 Å². The van der Waals surface area contributed by atoms with Gasteiger partial charge in [-0.25, -0.2) is 0 Å². The van der Waals surface area contributed by atoms with E-state index in [9.17, 15) is 0 Å². The van der Waals surface area contributed by atoms with Gasteiger partial charge >= 0.3 is 0 Å². The van der Waals surface area contributed by atoms with Crippen molar-refractivity contribution in [3.8, 4) is 0 Å². The van der Waals surface area contributed by atoms with Crippen molar-refractivity contribution in [2.24, 2.45) is 0 Å². The zero-order valence-corrected chi connectivity index (χ0v) is 9.93. The lowest BCUT2D eigenvalue weighted by Crippen LogP contribution is -1.98. The molecular weight excluding hydrogens is 214 g/mol. The topological polar surface area (TPSA) is 50.1 Å². The molecule has 0 spiro atoms. The van der Waals surface area contributed by atoms with Crippen LogP contribution in [0.3, 0.4) is 0 Å². The van der Waals surface area contributed by atoms with E-state index in [-0.39, 0.29) is 6.61 Å². The van der Waals surface area contributed by atoms with Crippen molar-refractivity contribution in [1.82, 2.24) is 9.78 Å².